The number of nitrogens with one attached hydrogen (secondary N) is 2. The third kappa shape index (κ3) is 4.26. The lowest BCUT2D eigenvalue weighted by Gasteiger charge is -2.30. The molecule has 0 radical (unpaired) electrons. The van der Waals surface area contributed by atoms with E-state index in [1.54, 1.807) is 35.5 Å². The molecule has 7 nitrogen and oxygen atoms in total. The first kappa shape index (κ1) is 19.8. The average molecular weight is 422 g/mol. The lowest BCUT2D eigenvalue weighted by Crippen LogP contribution is -2.40. The van der Waals surface area contributed by atoms with Crippen molar-refractivity contribution in [1.29, 1.82) is 0 Å². The fourth-order valence-corrected chi connectivity index (χ4v) is 3.38. The maximum Gasteiger partial charge on any atom is 0.253 e. The lowest BCUT2D eigenvalue weighted by molar-refractivity contribution is -0.117. The molecular weight excluding hydrogens is 402 g/mol. The van der Waals surface area contributed by atoms with Gasteiger partial charge < -0.3 is 15.5 Å². The van der Waals surface area contributed by atoms with Crippen LogP contribution in [0.4, 0.5) is 11.5 Å². The van der Waals surface area contributed by atoms with Gasteiger partial charge in [0, 0.05) is 23.6 Å². The van der Waals surface area contributed by atoms with Gasteiger partial charge in [-0.15, -0.1) is 0 Å². The van der Waals surface area contributed by atoms with E-state index < -0.39 is 0 Å². The van der Waals surface area contributed by atoms with E-state index in [4.69, 9.17) is 11.6 Å². The van der Waals surface area contributed by atoms with Gasteiger partial charge in [0.05, 0.1) is 30.4 Å². The highest BCUT2D eigenvalue weighted by Crippen LogP contribution is 2.30. The van der Waals surface area contributed by atoms with Gasteiger partial charge in [-0.25, -0.2) is 4.98 Å². The number of nitrogens with zero attached hydrogens (tertiary/aromatic N) is 3. The van der Waals surface area contributed by atoms with Crippen LogP contribution in [0.3, 0.4) is 0 Å². The molecule has 0 fully saturated rings. The van der Waals surface area contributed by atoms with Gasteiger partial charge >= 0.3 is 0 Å². The topological polar surface area (TPSA) is 87.2 Å². The molecule has 1 aliphatic rings. The molecule has 1 aromatic carbocycles. The summed E-state index contributed by atoms with van der Waals surface area (Å²) in [5.74, 6) is 0.201. The molecule has 3 heterocycles. The highest BCUT2D eigenvalue weighted by Gasteiger charge is 2.26. The molecule has 30 heavy (non-hydrogen) atoms. The number of anilines is 2. The number of carbonyl (C=O) groups is 2. The van der Waals surface area contributed by atoms with Crippen LogP contribution < -0.4 is 15.5 Å². The van der Waals surface area contributed by atoms with Gasteiger partial charge in [0.1, 0.15) is 0 Å². The minimum Gasteiger partial charge on any atom is -0.359 e. The minimum absolute atomic E-state index is 0.0967. The Hall–Kier alpha value is -3.45. The molecule has 1 atom stereocenters. The summed E-state index contributed by atoms with van der Waals surface area (Å²) in [6.45, 7) is 2.40. The van der Waals surface area contributed by atoms with Crippen molar-refractivity contribution in [3.8, 4) is 0 Å². The number of benzene rings is 1. The van der Waals surface area contributed by atoms with E-state index in [-0.39, 0.29) is 24.4 Å². The van der Waals surface area contributed by atoms with Crippen molar-refractivity contribution < 1.29 is 9.59 Å². The number of halogens is 1. The number of hydrogen-bond donors (Lipinski definition) is 2. The zero-order valence-corrected chi connectivity index (χ0v) is 17.1. The largest absolute Gasteiger partial charge is 0.359 e. The van der Waals surface area contributed by atoms with Gasteiger partial charge in [-0.1, -0.05) is 29.8 Å². The van der Waals surface area contributed by atoms with E-state index in [0.29, 0.717) is 28.6 Å². The molecule has 8 heteroatoms. The number of carbonyl (C=O) groups excluding carboxylic acids is 2. The van der Waals surface area contributed by atoms with Crippen LogP contribution in [0.1, 0.15) is 34.5 Å². The van der Waals surface area contributed by atoms with Gasteiger partial charge in [0.25, 0.3) is 5.91 Å². The first-order valence-corrected chi connectivity index (χ1v) is 9.88. The Morgan fingerprint density at radius 1 is 1.27 bits per heavy atom. The number of fused-ring (bicyclic) bond motifs is 1. The fraction of sp³-hybridized carbons (Fsp3) is 0.182. The van der Waals surface area contributed by atoms with Crippen LogP contribution >= 0.6 is 11.6 Å². The molecule has 2 N–H and O–H groups in total. The van der Waals surface area contributed by atoms with Crippen LogP contribution in [0, 0.1) is 0 Å². The van der Waals surface area contributed by atoms with Crippen LogP contribution in [0.25, 0.3) is 0 Å². The summed E-state index contributed by atoms with van der Waals surface area (Å²) in [6.07, 6.45) is 4.91. The third-order valence-corrected chi connectivity index (χ3v) is 5.17. The van der Waals surface area contributed by atoms with Crippen LogP contribution in [-0.2, 0) is 11.3 Å². The molecule has 2 aromatic heterocycles. The normalized spacial score (nSPS) is 13.9. The van der Waals surface area contributed by atoms with Crippen molar-refractivity contribution in [2.75, 3.05) is 16.8 Å². The monoisotopic (exact) mass is 421 g/mol. The third-order valence-electron chi connectivity index (χ3n) is 4.91. The second-order valence-electron chi connectivity index (χ2n) is 7.03. The minimum atomic E-state index is -0.272. The van der Waals surface area contributed by atoms with Gasteiger partial charge in [-0.05, 0) is 42.3 Å². The van der Waals surface area contributed by atoms with Crippen molar-refractivity contribution in [2.24, 2.45) is 0 Å². The molecule has 1 aliphatic heterocycles. The number of hydrogen-bond acceptors (Lipinski definition) is 5. The Kier molecular flexibility index (Phi) is 5.63. The zero-order chi connectivity index (χ0) is 21.1. The highest BCUT2D eigenvalue weighted by molar-refractivity contribution is 6.30. The van der Waals surface area contributed by atoms with Gasteiger partial charge in [0.15, 0.2) is 5.82 Å². The predicted octanol–water partition coefficient (Wildman–Crippen LogP) is 3.58. The van der Waals surface area contributed by atoms with E-state index in [2.05, 4.69) is 20.6 Å². The second-order valence-corrected chi connectivity index (χ2v) is 7.47. The van der Waals surface area contributed by atoms with Gasteiger partial charge in [-0.2, -0.15) is 0 Å². The van der Waals surface area contributed by atoms with Crippen molar-refractivity contribution in [2.45, 2.75) is 19.5 Å². The number of amides is 2. The summed E-state index contributed by atoms with van der Waals surface area (Å²) in [4.78, 5) is 35.4. The van der Waals surface area contributed by atoms with Gasteiger partial charge in [-0.3, -0.25) is 14.6 Å². The zero-order valence-electron chi connectivity index (χ0n) is 16.3. The quantitative estimate of drug-likeness (QED) is 0.657. The number of rotatable bonds is 5. The summed E-state index contributed by atoms with van der Waals surface area (Å²) in [5, 5.41) is 6.58. The van der Waals surface area contributed by atoms with Gasteiger partial charge in [0.2, 0.25) is 5.91 Å². The Morgan fingerprint density at radius 3 is 2.80 bits per heavy atom. The summed E-state index contributed by atoms with van der Waals surface area (Å²) in [6, 6.07) is 12.5. The first-order valence-electron chi connectivity index (χ1n) is 9.51. The molecule has 4 rings (SSSR count). The van der Waals surface area contributed by atoms with E-state index in [1.165, 1.54) is 6.20 Å². The van der Waals surface area contributed by atoms with Crippen molar-refractivity contribution in [3.63, 3.8) is 0 Å². The van der Waals surface area contributed by atoms with Crippen LogP contribution in [0.2, 0.25) is 5.02 Å². The van der Waals surface area contributed by atoms with Crippen molar-refractivity contribution in [3.05, 3.63) is 82.8 Å². The van der Waals surface area contributed by atoms with E-state index in [1.807, 2.05) is 31.2 Å². The van der Waals surface area contributed by atoms with Crippen LogP contribution in [-0.4, -0.2) is 28.3 Å². The summed E-state index contributed by atoms with van der Waals surface area (Å²) in [5.41, 5.74) is 2.78. The smallest absolute Gasteiger partial charge is 0.253 e. The second kappa shape index (κ2) is 8.51. The maximum absolute atomic E-state index is 12.8. The maximum atomic E-state index is 12.8. The fourth-order valence-electron chi connectivity index (χ4n) is 3.25. The van der Waals surface area contributed by atoms with Crippen LogP contribution in [0.5, 0.6) is 0 Å². The Morgan fingerprint density at radius 2 is 2.07 bits per heavy atom. The molecule has 0 saturated heterocycles. The van der Waals surface area contributed by atoms with E-state index >= 15 is 0 Å². The standard InChI is InChI=1S/C22H20ClN5O2/c1-14(16-3-2-8-24-10-16)27-22(30)17-9-19-21(25-11-17)26-12-20(29)28(19)13-15-4-6-18(23)7-5-15/h2-11,14H,12-13H2,1H3,(H,25,26)(H,27,30). The summed E-state index contributed by atoms with van der Waals surface area (Å²) in [7, 11) is 0. The first-order chi connectivity index (χ1) is 14.5. The highest BCUT2D eigenvalue weighted by atomic mass is 35.5. The van der Waals surface area contributed by atoms with E-state index in [0.717, 1.165) is 11.1 Å². The average Bonchev–Trinajstić information content (AvgIpc) is 2.77. The molecule has 0 bridgehead atoms. The van der Waals surface area contributed by atoms with Crippen molar-refractivity contribution >= 4 is 34.9 Å². The molecule has 1 unspecified atom stereocenters. The molecule has 3 aromatic rings. The van der Waals surface area contributed by atoms with Crippen LogP contribution in [0.15, 0.2) is 61.1 Å². The molecular formula is C22H20ClN5O2. The summed E-state index contributed by atoms with van der Waals surface area (Å²) < 4.78 is 0. The predicted molar refractivity (Wildman–Crippen MR) is 115 cm³/mol. The Balaban J connectivity index is 1.57. The number of pyridine rings is 2. The molecule has 152 valence electrons. The molecule has 0 spiro atoms. The number of aromatic nitrogens is 2. The molecule has 2 amide bonds. The molecule has 0 saturated carbocycles. The molecule has 0 aliphatic carbocycles. The SMILES string of the molecule is CC(NC(=O)c1cnc2c(c1)N(Cc1ccc(Cl)cc1)C(=O)CN2)c1cccnc1. The summed E-state index contributed by atoms with van der Waals surface area (Å²) >= 11 is 5.96. The Labute approximate surface area is 179 Å². The lowest BCUT2D eigenvalue weighted by atomic mass is 10.1. The van der Waals surface area contributed by atoms with E-state index in [9.17, 15) is 9.59 Å². The van der Waals surface area contributed by atoms with Crippen molar-refractivity contribution in [1.82, 2.24) is 15.3 Å². The Bertz CT molecular complexity index is 1070.